The zero-order valence-corrected chi connectivity index (χ0v) is 18.7. The maximum atomic E-state index is 13.1. The highest BCUT2D eigenvalue weighted by molar-refractivity contribution is 7.80. The molecule has 0 unspecified atom stereocenters. The molecule has 0 saturated heterocycles. The van der Waals surface area contributed by atoms with Crippen LogP contribution in [0.2, 0.25) is 0 Å². The number of anilines is 4. The Kier molecular flexibility index (Phi) is 6.61. The number of urea groups is 1. The lowest BCUT2D eigenvalue weighted by Crippen LogP contribution is -2.34. The smallest absolute Gasteiger partial charge is 0.340 e. The van der Waals surface area contributed by atoms with Gasteiger partial charge in [-0.05, 0) is 30.3 Å². The number of carbonyl (C=O) groups excluding carboxylic acids is 1. The van der Waals surface area contributed by atoms with E-state index in [1.807, 2.05) is 0 Å². The Balaban J connectivity index is 1.46. The molecule has 2 heterocycles. The van der Waals surface area contributed by atoms with E-state index in [1.54, 1.807) is 42.5 Å². The van der Waals surface area contributed by atoms with Gasteiger partial charge in [0.15, 0.2) is 11.0 Å². The third kappa shape index (κ3) is 5.77. The fraction of sp³-hybridized carbons (Fsp3) is 0.0500. The van der Waals surface area contributed by atoms with Gasteiger partial charge in [-0.3, -0.25) is 10.9 Å². The molecule has 2 aromatic heterocycles. The number of hydrogen-bond donors (Lipinski definition) is 6. The van der Waals surface area contributed by atoms with Gasteiger partial charge in [-0.1, -0.05) is 18.2 Å². The summed E-state index contributed by atoms with van der Waals surface area (Å²) < 4.78 is 39.4. The van der Waals surface area contributed by atoms with Crippen molar-refractivity contribution in [3.05, 3.63) is 60.4 Å². The second-order valence-electron chi connectivity index (χ2n) is 6.73. The van der Waals surface area contributed by atoms with Crippen molar-refractivity contribution >= 4 is 65.2 Å². The normalized spacial score (nSPS) is 11.2. The summed E-state index contributed by atoms with van der Waals surface area (Å²) in [7, 11) is 0. The first-order chi connectivity index (χ1) is 16.2. The van der Waals surface area contributed by atoms with Gasteiger partial charge in [0.1, 0.15) is 5.82 Å². The number of halogens is 3. The van der Waals surface area contributed by atoms with Crippen molar-refractivity contribution in [2.75, 3.05) is 16.1 Å². The Morgan fingerprint density at radius 2 is 1.65 bits per heavy atom. The summed E-state index contributed by atoms with van der Waals surface area (Å²) in [6.45, 7) is 0. The van der Waals surface area contributed by atoms with Crippen LogP contribution in [0.1, 0.15) is 5.82 Å². The molecular weight excluding hydrogens is 489 g/mol. The maximum absolute atomic E-state index is 13.1. The van der Waals surface area contributed by atoms with E-state index in [9.17, 15) is 18.0 Å². The van der Waals surface area contributed by atoms with Gasteiger partial charge in [-0.25, -0.2) is 24.7 Å². The summed E-state index contributed by atoms with van der Waals surface area (Å²) in [5.74, 6) is -1.07. The van der Waals surface area contributed by atoms with Gasteiger partial charge in [0, 0.05) is 22.8 Å². The number of aromatic nitrogens is 4. The van der Waals surface area contributed by atoms with Gasteiger partial charge in [0.05, 0.1) is 10.5 Å². The molecule has 0 aliphatic carbocycles. The Morgan fingerprint density at radius 3 is 2.41 bits per heavy atom. The number of carbonyl (C=O) groups is 1. The highest BCUT2D eigenvalue weighted by Gasteiger charge is 2.35. The van der Waals surface area contributed by atoms with Gasteiger partial charge in [0.25, 0.3) is 0 Å². The van der Waals surface area contributed by atoms with Crippen LogP contribution in [0.3, 0.4) is 0 Å². The zero-order chi connectivity index (χ0) is 24.3. The molecule has 4 aromatic rings. The molecule has 0 fully saturated rings. The first kappa shape index (κ1) is 23.4. The quantitative estimate of drug-likeness (QED) is 0.0990. The van der Waals surface area contributed by atoms with Crippen molar-refractivity contribution in [3.8, 4) is 0 Å². The third-order valence-electron chi connectivity index (χ3n) is 4.24. The van der Waals surface area contributed by atoms with E-state index in [-0.39, 0.29) is 16.5 Å². The van der Waals surface area contributed by atoms with Gasteiger partial charge < -0.3 is 10.6 Å². The van der Waals surface area contributed by atoms with Gasteiger partial charge >= 0.3 is 12.2 Å². The summed E-state index contributed by atoms with van der Waals surface area (Å²) >= 11 is 8.27. The molecule has 9 nitrogen and oxygen atoms in total. The minimum atomic E-state index is -4.75. The van der Waals surface area contributed by atoms with E-state index >= 15 is 0 Å². The van der Waals surface area contributed by atoms with Crippen LogP contribution in [0.4, 0.5) is 41.0 Å². The lowest BCUT2D eigenvalue weighted by Gasteiger charge is -2.14. The lowest BCUT2D eigenvalue weighted by atomic mass is 10.2. The first-order valence-corrected chi connectivity index (χ1v) is 10.4. The molecule has 2 amide bonds. The van der Waals surface area contributed by atoms with Crippen molar-refractivity contribution in [2.45, 2.75) is 16.4 Å². The number of alkyl halides is 3. The minimum Gasteiger partial charge on any atom is -0.340 e. The highest BCUT2D eigenvalue weighted by atomic mass is 32.1. The van der Waals surface area contributed by atoms with Crippen molar-refractivity contribution in [1.29, 1.82) is 0 Å². The van der Waals surface area contributed by atoms with Crippen LogP contribution in [0, 0.1) is 0 Å². The highest BCUT2D eigenvalue weighted by Crippen LogP contribution is 2.30. The van der Waals surface area contributed by atoms with Crippen LogP contribution in [0.5, 0.6) is 0 Å². The molecule has 0 atom stereocenters. The van der Waals surface area contributed by atoms with E-state index in [4.69, 9.17) is 0 Å². The van der Waals surface area contributed by atoms with Crippen molar-refractivity contribution in [1.82, 2.24) is 25.4 Å². The average molecular weight is 505 g/mol. The molecule has 0 aliphatic rings. The molecule has 4 rings (SSSR count). The number of para-hydroxylation sites is 1. The Labute approximate surface area is 201 Å². The molecule has 4 N–H and O–H groups in total. The number of hydrazine groups is 1. The van der Waals surface area contributed by atoms with Crippen LogP contribution in [-0.2, 0) is 6.18 Å². The Morgan fingerprint density at radius 1 is 0.882 bits per heavy atom. The summed E-state index contributed by atoms with van der Waals surface area (Å²) in [4.78, 5) is 27.5. The summed E-state index contributed by atoms with van der Waals surface area (Å²) in [6.07, 6.45) is -4.75. The number of thiol groups is 2. The van der Waals surface area contributed by atoms with E-state index < -0.39 is 18.0 Å². The monoisotopic (exact) mass is 504 g/mol. The van der Waals surface area contributed by atoms with Crippen LogP contribution in [0.15, 0.2) is 64.8 Å². The largest absolute Gasteiger partial charge is 0.451 e. The van der Waals surface area contributed by atoms with Crippen LogP contribution in [0.25, 0.3) is 10.9 Å². The average Bonchev–Trinajstić information content (AvgIpc) is 2.76. The van der Waals surface area contributed by atoms with Gasteiger partial charge in [-0.2, -0.15) is 13.2 Å². The SMILES string of the molecule is O=C(NNc1nc(C(F)(F)F)nc2ccccc12)Nc1cccc(Nc2cc(S)nc(S)n2)c1. The van der Waals surface area contributed by atoms with E-state index in [2.05, 4.69) is 66.7 Å². The maximum Gasteiger partial charge on any atom is 0.451 e. The molecule has 0 aliphatic heterocycles. The zero-order valence-electron chi connectivity index (χ0n) is 16.9. The number of amides is 2. The van der Waals surface area contributed by atoms with Crippen molar-refractivity contribution < 1.29 is 18.0 Å². The molecule has 0 radical (unpaired) electrons. The Hall–Kier alpha value is -3.78. The first-order valence-electron chi connectivity index (χ1n) is 9.48. The molecular formula is C20H15F3N8OS2. The standard InChI is InChI=1S/C20H15F3N8OS2/c21-20(22,23)17-26-13-7-2-1-6-12(13)16(29-17)30-31-18(32)25-11-5-3-4-10(8-11)24-14-9-15(33)28-19(34)27-14/h1-9H,(H2,25,31,32)(H,26,29,30)(H3,24,27,28,33,34). The number of hydrogen-bond acceptors (Lipinski definition) is 9. The number of nitrogens with zero attached hydrogens (tertiary/aromatic N) is 4. The molecule has 0 saturated carbocycles. The Bertz CT molecular complexity index is 1350. The summed E-state index contributed by atoms with van der Waals surface area (Å²) in [5.41, 5.74) is 5.78. The number of nitrogens with one attached hydrogen (secondary N) is 4. The molecule has 174 valence electrons. The van der Waals surface area contributed by atoms with E-state index in [0.29, 0.717) is 27.6 Å². The van der Waals surface area contributed by atoms with Crippen molar-refractivity contribution in [3.63, 3.8) is 0 Å². The second kappa shape index (κ2) is 9.61. The third-order valence-corrected chi connectivity index (χ3v) is 4.67. The fourth-order valence-corrected chi connectivity index (χ4v) is 3.40. The van der Waals surface area contributed by atoms with Gasteiger partial charge in [-0.15, -0.1) is 25.3 Å². The molecule has 34 heavy (non-hydrogen) atoms. The molecule has 2 aromatic carbocycles. The predicted octanol–water partition coefficient (Wildman–Crippen LogP) is 4.91. The topological polar surface area (TPSA) is 117 Å². The van der Waals surface area contributed by atoms with Gasteiger partial charge in [0.2, 0.25) is 5.82 Å². The lowest BCUT2D eigenvalue weighted by molar-refractivity contribution is -0.144. The van der Waals surface area contributed by atoms with Crippen molar-refractivity contribution in [2.24, 2.45) is 0 Å². The summed E-state index contributed by atoms with van der Waals surface area (Å²) in [5, 5.41) is 6.58. The molecule has 14 heteroatoms. The number of benzene rings is 2. The van der Waals surface area contributed by atoms with Crippen LogP contribution >= 0.6 is 25.3 Å². The fourth-order valence-electron chi connectivity index (χ4n) is 2.89. The predicted molar refractivity (Wildman–Crippen MR) is 127 cm³/mol. The van der Waals surface area contributed by atoms with Crippen LogP contribution in [-0.4, -0.2) is 26.0 Å². The second-order valence-corrected chi connectivity index (χ2v) is 7.59. The van der Waals surface area contributed by atoms with Crippen LogP contribution < -0.4 is 21.5 Å². The molecule has 0 spiro atoms. The number of rotatable bonds is 5. The molecule has 0 bridgehead atoms. The van der Waals surface area contributed by atoms with E-state index in [0.717, 1.165) is 0 Å². The number of fused-ring (bicyclic) bond motifs is 1. The summed E-state index contributed by atoms with van der Waals surface area (Å²) in [6, 6.07) is 13.7. The van der Waals surface area contributed by atoms with E-state index in [1.165, 1.54) is 12.1 Å². The minimum absolute atomic E-state index is 0.0757.